The van der Waals surface area contributed by atoms with Crippen LogP contribution in [0.2, 0.25) is 0 Å². The molecule has 0 aliphatic heterocycles. The predicted molar refractivity (Wildman–Crippen MR) is 275 cm³/mol. The van der Waals surface area contributed by atoms with Crippen molar-refractivity contribution >= 4 is 17.9 Å². The molecular weight excluding hydrogens is 793 g/mol. The van der Waals surface area contributed by atoms with Crippen molar-refractivity contribution in [2.75, 3.05) is 13.2 Å². The minimum Gasteiger partial charge on any atom is -0.462 e. The number of unbranched alkanes of at least 4 members (excludes halogenated alkanes) is 31. The molecule has 6 heteroatoms. The maximum atomic E-state index is 12.8. The van der Waals surface area contributed by atoms with E-state index in [0.717, 1.165) is 96.3 Å². The Bertz CT molecular complexity index is 1120. The number of hydrogen-bond acceptors (Lipinski definition) is 6. The van der Waals surface area contributed by atoms with Crippen LogP contribution in [0.15, 0.2) is 48.6 Å². The van der Waals surface area contributed by atoms with Gasteiger partial charge in [-0.1, -0.05) is 236 Å². The van der Waals surface area contributed by atoms with Crippen molar-refractivity contribution in [3.05, 3.63) is 48.6 Å². The van der Waals surface area contributed by atoms with Crippen LogP contribution in [0.5, 0.6) is 0 Å². The van der Waals surface area contributed by atoms with Crippen molar-refractivity contribution < 1.29 is 28.6 Å². The smallest absolute Gasteiger partial charge is 0.306 e. The van der Waals surface area contributed by atoms with E-state index in [1.165, 1.54) is 148 Å². The third kappa shape index (κ3) is 50.4. The van der Waals surface area contributed by atoms with Gasteiger partial charge in [0.2, 0.25) is 0 Å². The fourth-order valence-electron chi connectivity index (χ4n) is 7.92. The Morgan fingerprint density at radius 1 is 0.328 bits per heavy atom. The highest BCUT2D eigenvalue weighted by atomic mass is 16.6. The monoisotopic (exact) mass is 897 g/mol. The second-order valence-electron chi connectivity index (χ2n) is 18.5. The molecule has 0 aromatic rings. The van der Waals surface area contributed by atoms with Crippen molar-refractivity contribution in [2.45, 2.75) is 290 Å². The van der Waals surface area contributed by atoms with Crippen LogP contribution in [0.25, 0.3) is 0 Å². The summed E-state index contributed by atoms with van der Waals surface area (Å²) in [6.07, 6.45) is 63.8. The summed E-state index contributed by atoms with van der Waals surface area (Å²) in [7, 11) is 0. The molecule has 0 amide bonds. The minimum absolute atomic E-state index is 0.0794. The molecule has 6 nitrogen and oxygen atoms in total. The van der Waals surface area contributed by atoms with E-state index in [9.17, 15) is 14.4 Å². The summed E-state index contributed by atoms with van der Waals surface area (Å²) >= 11 is 0. The van der Waals surface area contributed by atoms with E-state index in [4.69, 9.17) is 14.2 Å². The summed E-state index contributed by atoms with van der Waals surface area (Å²) in [5.41, 5.74) is 0. The van der Waals surface area contributed by atoms with E-state index in [2.05, 4.69) is 69.4 Å². The molecule has 0 aromatic heterocycles. The van der Waals surface area contributed by atoms with Gasteiger partial charge in [0.05, 0.1) is 0 Å². The lowest BCUT2D eigenvalue weighted by atomic mass is 10.0. The molecular formula is C58H104O6. The number of hydrogen-bond donors (Lipinski definition) is 0. The van der Waals surface area contributed by atoms with Crippen molar-refractivity contribution in [1.82, 2.24) is 0 Å². The lowest BCUT2D eigenvalue weighted by Crippen LogP contribution is -2.30. The van der Waals surface area contributed by atoms with Crippen LogP contribution in [0.1, 0.15) is 284 Å². The van der Waals surface area contributed by atoms with Gasteiger partial charge in [0, 0.05) is 19.3 Å². The SMILES string of the molecule is CC/C=C\C/C=C\CCCCCCCC(=O)OCC(COC(=O)CCCCCCCCC/C=C\C/C=C\CCCCC)OC(=O)CCCCCCCCCCCCCCCCCCC. The number of allylic oxidation sites excluding steroid dienone is 8. The maximum absolute atomic E-state index is 12.8. The predicted octanol–water partition coefficient (Wildman–Crippen LogP) is 18.3. The number of carbonyl (C=O) groups excluding carboxylic acids is 3. The molecule has 0 rings (SSSR count). The van der Waals surface area contributed by atoms with Crippen LogP contribution in [0, 0.1) is 0 Å². The van der Waals surface area contributed by atoms with E-state index in [1.54, 1.807) is 0 Å². The highest BCUT2D eigenvalue weighted by molar-refractivity contribution is 5.71. The molecule has 0 saturated heterocycles. The van der Waals surface area contributed by atoms with E-state index >= 15 is 0 Å². The van der Waals surface area contributed by atoms with E-state index in [1.807, 2.05) is 0 Å². The first kappa shape index (κ1) is 61.4. The van der Waals surface area contributed by atoms with E-state index in [-0.39, 0.29) is 31.1 Å². The van der Waals surface area contributed by atoms with Gasteiger partial charge in [-0.25, -0.2) is 0 Å². The zero-order valence-electron chi connectivity index (χ0n) is 42.6. The molecule has 0 saturated carbocycles. The maximum Gasteiger partial charge on any atom is 0.306 e. The van der Waals surface area contributed by atoms with Gasteiger partial charge in [0.15, 0.2) is 6.10 Å². The summed E-state index contributed by atoms with van der Waals surface area (Å²) < 4.78 is 16.8. The number of ether oxygens (including phenoxy) is 3. The molecule has 0 N–H and O–H groups in total. The normalized spacial score (nSPS) is 12.4. The van der Waals surface area contributed by atoms with Crippen LogP contribution in [0.3, 0.4) is 0 Å². The third-order valence-electron chi connectivity index (χ3n) is 12.1. The van der Waals surface area contributed by atoms with Gasteiger partial charge >= 0.3 is 17.9 Å². The summed E-state index contributed by atoms with van der Waals surface area (Å²) in [5.74, 6) is -0.889. The average Bonchev–Trinajstić information content (AvgIpc) is 3.29. The van der Waals surface area contributed by atoms with Crippen LogP contribution in [-0.4, -0.2) is 37.2 Å². The van der Waals surface area contributed by atoms with E-state index < -0.39 is 6.10 Å². The van der Waals surface area contributed by atoms with Crippen LogP contribution >= 0.6 is 0 Å². The van der Waals surface area contributed by atoms with Crippen LogP contribution < -0.4 is 0 Å². The highest BCUT2D eigenvalue weighted by Gasteiger charge is 2.19. The molecule has 1 unspecified atom stereocenters. The number of rotatable bonds is 50. The Kier molecular flexibility index (Phi) is 50.8. The largest absolute Gasteiger partial charge is 0.462 e. The molecule has 0 aliphatic carbocycles. The zero-order chi connectivity index (χ0) is 46.5. The molecule has 0 spiro atoms. The molecule has 1 atom stereocenters. The highest BCUT2D eigenvalue weighted by Crippen LogP contribution is 2.16. The topological polar surface area (TPSA) is 78.9 Å². The van der Waals surface area contributed by atoms with Gasteiger partial charge in [0.1, 0.15) is 13.2 Å². The second kappa shape index (κ2) is 53.0. The molecule has 64 heavy (non-hydrogen) atoms. The number of esters is 3. The van der Waals surface area contributed by atoms with Crippen molar-refractivity contribution in [1.29, 1.82) is 0 Å². The third-order valence-corrected chi connectivity index (χ3v) is 12.1. The first-order chi connectivity index (χ1) is 31.5. The van der Waals surface area contributed by atoms with Crippen LogP contribution in [-0.2, 0) is 28.6 Å². The van der Waals surface area contributed by atoms with Crippen molar-refractivity contribution in [3.63, 3.8) is 0 Å². The van der Waals surface area contributed by atoms with E-state index in [0.29, 0.717) is 19.3 Å². The van der Waals surface area contributed by atoms with Gasteiger partial charge in [-0.05, 0) is 77.0 Å². The molecule has 372 valence electrons. The van der Waals surface area contributed by atoms with Gasteiger partial charge in [0.25, 0.3) is 0 Å². The van der Waals surface area contributed by atoms with Gasteiger partial charge in [-0.2, -0.15) is 0 Å². The molecule has 0 radical (unpaired) electrons. The Labute approximate surface area is 397 Å². The Morgan fingerprint density at radius 3 is 0.969 bits per heavy atom. The molecule has 0 heterocycles. The van der Waals surface area contributed by atoms with Crippen molar-refractivity contribution in [2.24, 2.45) is 0 Å². The quantitative estimate of drug-likeness (QED) is 0.0262. The molecule has 0 aromatic carbocycles. The first-order valence-electron chi connectivity index (χ1n) is 27.6. The second-order valence-corrected chi connectivity index (χ2v) is 18.5. The zero-order valence-corrected chi connectivity index (χ0v) is 42.6. The fraction of sp³-hybridized carbons (Fsp3) is 0.810. The summed E-state index contributed by atoms with van der Waals surface area (Å²) in [5, 5.41) is 0. The minimum atomic E-state index is -0.779. The number of carbonyl (C=O) groups is 3. The molecule has 0 bridgehead atoms. The van der Waals surface area contributed by atoms with Crippen LogP contribution in [0.4, 0.5) is 0 Å². The lowest BCUT2D eigenvalue weighted by molar-refractivity contribution is -0.167. The standard InChI is InChI=1S/C58H104O6/c1-4-7-10-13-16-19-22-25-27-29-31-33-36-39-42-45-48-51-57(60)63-54-55(53-62-56(59)50-47-44-41-38-35-24-21-18-15-12-9-6-3)64-58(61)52-49-46-43-40-37-34-32-30-28-26-23-20-17-14-11-8-5-2/h9,12,16,18-19,21,25,27,55H,4-8,10-11,13-15,17,20,22-24,26,28-54H2,1-3H3/b12-9-,19-16-,21-18-,27-25-. The average molecular weight is 897 g/mol. The Balaban J connectivity index is 4.35. The summed E-state index contributed by atoms with van der Waals surface area (Å²) in [6.45, 7) is 6.51. The Hall–Kier alpha value is -2.63. The summed E-state index contributed by atoms with van der Waals surface area (Å²) in [4.78, 5) is 38.1. The fourth-order valence-corrected chi connectivity index (χ4v) is 7.92. The van der Waals surface area contributed by atoms with Gasteiger partial charge in [-0.15, -0.1) is 0 Å². The van der Waals surface area contributed by atoms with Gasteiger partial charge in [-0.3, -0.25) is 14.4 Å². The lowest BCUT2D eigenvalue weighted by Gasteiger charge is -2.18. The Morgan fingerprint density at radius 2 is 0.609 bits per heavy atom. The summed E-state index contributed by atoms with van der Waals surface area (Å²) in [6, 6.07) is 0. The van der Waals surface area contributed by atoms with Gasteiger partial charge < -0.3 is 14.2 Å². The first-order valence-corrected chi connectivity index (χ1v) is 27.6. The molecule has 0 aliphatic rings. The van der Waals surface area contributed by atoms with Crippen molar-refractivity contribution in [3.8, 4) is 0 Å². The molecule has 0 fully saturated rings.